The van der Waals surface area contributed by atoms with Gasteiger partial charge in [0.25, 0.3) is 0 Å². The number of halogens is 1. The minimum absolute atomic E-state index is 0.137. The molecule has 1 heterocycles. The van der Waals surface area contributed by atoms with Crippen molar-refractivity contribution >= 4 is 15.9 Å². The van der Waals surface area contributed by atoms with Crippen molar-refractivity contribution in [3.63, 3.8) is 0 Å². The second-order valence-corrected chi connectivity index (χ2v) is 6.56. The molecule has 2 unspecified atom stereocenters. The maximum atomic E-state index is 6.47. The largest absolute Gasteiger partial charge is 0.324 e. The van der Waals surface area contributed by atoms with Gasteiger partial charge in [0.1, 0.15) is 0 Å². The fourth-order valence-corrected chi connectivity index (χ4v) is 4.09. The molecule has 1 aromatic heterocycles. The Labute approximate surface area is 134 Å². The van der Waals surface area contributed by atoms with Gasteiger partial charge in [0, 0.05) is 12.6 Å². The highest BCUT2D eigenvalue weighted by atomic mass is 79.9. The van der Waals surface area contributed by atoms with E-state index in [1.165, 1.54) is 21.3 Å². The molecule has 0 aliphatic heterocycles. The fraction of sp³-hybridized carbons (Fsp3) is 0.471. The first kappa shape index (κ1) is 14.8. The second kappa shape index (κ2) is 5.93. The minimum atomic E-state index is 0.137. The first-order valence-electron chi connectivity index (χ1n) is 7.73. The molecule has 4 heteroatoms. The van der Waals surface area contributed by atoms with Crippen molar-refractivity contribution in [1.29, 1.82) is 0 Å². The van der Waals surface area contributed by atoms with Gasteiger partial charge in [0.2, 0.25) is 0 Å². The molecule has 3 rings (SSSR count). The minimum Gasteiger partial charge on any atom is -0.324 e. The Kier molecular flexibility index (Phi) is 4.18. The smallest absolute Gasteiger partial charge is 0.0766 e. The van der Waals surface area contributed by atoms with Gasteiger partial charge in [0.15, 0.2) is 0 Å². The van der Waals surface area contributed by atoms with Gasteiger partial charge in [0.05, 0.1) is 15.9 Å². The molecule has 0 spiro atoms. The molecule has 2 aromatic rings. The number of benzene rings is 1. The highest BCUT2D eigenvalue weighted by Crippen LogP contribution is 2.37. The van der Waals surface area contributed by atoms with E-state index >= 15 is 0 Å². The molecule has 2 atom stereocenters. The van der Waals surface area contributed by atoms with E-state index in [1.54, 1.807) is 0 Å². The topological polar surface area (TPSA) is 43.8 Å². The number of fused-ring (bicyclic) bond motifs is 1. The number of hydrogen-bond donors (Lipinski definition) is 1. The quantitative estimate of drug-likeness (QED) is 0.917. The van der Waals surface area contributed by atoms with Gasteiger partial charge in [-0.3, -0.25) is 4.68 Å². The third-order valence-electron chi connectivity index (χ3n) is 4.55. The van der Waals surface area contributed by atoms with Crippen LogP contribution in [0, 0.1) is 5.92 Å². The van der Waals surface area contributed by atoms with Gasteiger partial charge < -0.3 is 5.73 Å². The first-order chi connectivity index (χ1) is 10.2. The van der Waals surface area contributed by atoms with E-state index in [4.69, 9.17) is 10.8 Å². The zero-order valence-electron chi connectivity index (χ0n) is 12.6. The number of hydrogen-bond acceptors (Lipinski definition) is 2. The van der Waals surface area contributed by atoms with Crippen LogP contribution < -0.4 is 5.73 Å². The number of nitrogens with zero attached hydrogens (tertiary/aromatic N) is 2. The Hall–Kier alpha value is -1.13. The van der Waals surface area contributed by atoms with Crippen molar-refractivity contribution in [2.75, 3.05) is 0 Å². The molecule has 3 nitrogen and oxygen atoms in total. The van der Waals surface area contributed by atoms with E-state index in [0.717, 1.165) is 31.5 Å². The Bertz CT molecular complexity index is 647. The molecule has 1 aromatic carbocycles. The van der Waals surface area contributed by atoms with E-state index in [-0.39, 0.29) is 6.04 Å². The predicted octanol–water partition coefficient (Wildman–Crippen LogP) is 3.64. The number of aromatic nitrogens is 2. The Morgan fingerprint density at radius 1 is 1.33 bits per heavy atom. The summed E-state index contributed by atoms with van der Waals surface area (Å²) in [6.45, 7) is 5.20. The van der Waals surface area contributed by atoms with Crippen LogP contribution in [0.1, 0.15) is 42.4 Å². The molecule has 0 saturated heterocycles. The molecule has 2 N–H and O–H groups in total. The summed E-state index contributed by atoms with van der Waals surface area (Å²) < 4.78 is 3.30. The van der Waals surface area contributed by atoms with E-state index < -0.39 is 0 Å². The molecule has 0 amide bonds. The van der Waals surface area contributed by atoms with Crippen molar-refractivity contribution in [1.82, 2.24) is 9.78 Å². The third-order valence-corrected chi connectivity index (χ3v) is 5.47. The first-order valence-corrected chi connectivity index (χ1v) is 8.52. The van der Waals surface area contributed by atoms with Crippen LogP contribution in [0.3, 0.4) is 0 Å². The Balaban J connectivity index is 1.87. The van der Waals surface area contributed by atoms with Gasteiger partial charge in [-0.15, -0.1) is 0 Å². The van der Waals surface area contributed by atoms with Crippen LogP contribution in [0.25, 0.3) is 0 Å². The van der Waals surface area contributed by atoms with Crippen molar-refractivity contribution in [2.24, 2.45) is 11.7 Å². The number of aryl methyl sites for hydroxylation is 2. The summed E-state index contributed by atoms with van der Waals surface area (Å²) in [5, 5.41) is 4.69. The lowest BCUT2D eigenvalue weighted by Gasteiger charge is -2.17. The van der Waals surface area contributed by atoms with Crippen LogP contribution in [0.2, 0.25) is 0 Å². The van der Waals surface area contributed by atoms with Crippen molar-refractivity contribution < 1.29 is 0 Å². The summed E-state index contributed by atoms with van der Waals surface area (Å²) >= 11 is 3.74. The average molecular weight is 348 g/mol. The maximum Gasteiger partial charge on any atom is 0.0766 e. The summed E-state index contributed by atoms with van der Waals surface area (Å²) in [5.41, 5.74) is 11.6. The van der Waals surface area contributed by atoms with Crippen LogP contribution in [-0.2, 0) is 25.8 Å². The van der Waals surface area contributed by atoms with Gasteiger partial charge >= 0.3 is 0 Å². The van der Waals surface area contributed by atoms with Gasteiger partial charge in [-0.05, 0) is 59.2 Å². The fourth-order valence-electron chi connectivity index (χ4n) is 3.37. The highest BCUT2D eigenvalue weighted by molar-refractivity contribution is 9.10. The molecule has 1 aliphatic carbocycles. The molecular formula is C17H22BrN3. The van der Waals surface area contributed by atoms with Crippen LogP contribution in [-0.4, -0.2) is 9.78 Å². The molecule has 1 aliphatic rings. The van der Waals surface area contributed by atoms with Crippen molar-refractivity contribution in [2.45, 2.75) is 45.7 Å². The normalized spacial score (nSPS) is 20.8. The molecule has 0 fully saturated rings. The molecular weight excluding hydrogens is 326 g/mol. The third kappa shape index (κ3) is 2.55. The van der Waals surface area contributed by atoms with E-state index in [2.05, 4.69) is 58.7 Å². The highest BCUT2D eigenvalue weighted by Gasteiger charge is 2.31. The van der Waals surface area contributed by atoms with E-state index in [9.17, 15) is 0 Å². The summed E-state index contributed by atoms with van der Waals surface area (Å²) in [6.07, 6.45) is 3.01. The van der Waals surface area contributed by atoms with Crippen LogP contribution in [0.4, 0.5) is 0 Å². The van der Waals surface area contributed by atoms with E-state index in [1.807, 2.05) is 0 Å². The lowest BCUT2D eigenvalue weighted by molar-refractivity contribution is 0.444. The van der Waals surface area contributed by atoms with Gasteiger partial charge in [-0.2, -0.15) is 5.10 Å². The zero-order valence-corrected chi connectivity index (χ0v) is 14.2. The lowest BCUT2D eigenvalue weighted by atomic mass is 9.96. The number of rotatable bonds is 4. The van der Waals surface area contributed by atoms with Crippen LogP contribution in [0.5, 0.6) is 0 Å². The summed E-state index contributed by atoms with van der Waals surface area (Å²) in [4.78, 5) is 0. The van der Waals surface area contributed by atoms with Gasteiger partial charge in [-0.1, -0.05) is 31.2 Å². The Morgan fingerprint density at radius 2 is 2.10 bits per heavy atom. The standard InChI is InChI=1S/C17H22BrN3/c1-3-14-16(18)15(21(4-2)20-14)10-12-9-11-7-5-6-8-13(11)17(12)19/h5-8,12,17H,3-4,9-10,19H2,1-2H3. The predicted molar refractivity (Wildman–Crippen MR) is 89.2 cm³/mol. The summed E-state index contributed by atoms with van der Waals surface area (Å²) in [5.74, 6) is 0.463. The zero-order chi connectivity index (χ0) is 15.0. The second-order valence-electron chi connectivity index (χ2n) is 5.77. The SMILES string of the molecule is CCc1nn(CC)c(CC2Cc3ccccc3C2N)c1Br. The summed E-state index contributed by atoms with van der Waals surface area (Å²) in [7, 11) is 0. The van der Waals surface area contributed by atoms with Crippen LogP contribution in [0.15, 0.2) is 28.7 Å². The molecule has 21 heavy (non-hydrogen) atoms. The maximum absolute atomic E-state index is 6.47. The summed E-state index contributed by atoms with van der Waals surface area (Å²) in [6, 6.07) is 8.71. The van der Waals surface area contributed by atoms with Crippen molar-refractivity contribution in [3.8, 4) is 0 Å². The number of nitrogens with two attached hydrogens (primary N) is 1. The Morgan fingerprint density at radius 3 is 2.76 bits per heavy atom. The van der Waals surface area contributed by atoms with Crippen molar-refractivity contribution in [3.05, 3.63) is 51.3 Å². The molecule has 0 bridgehead atoms. The van der Waals surface area contributed by atoms with Gasteiger partial charge in [-0.25, -0.2) is 0 Å². The monoisotopic (exact) mass is 347 g/mol. The molecule has 112 valence electrons. The average Bonchev–Trinajstić information content (AvgIpc) is 2.99. The molecule has 0 radical (unpaired) electrons. The van der Waals surface area contributed by atoms with E-state index in [0.29, 0.717) is 5.92 Å². The van der Waals surface area contributed by atoms with Crippen LogP contribution >= 0.6 is 15.9 Å². The molecule has 0 saturated carbocycles. The lowest BCUT2D eigenvalue weighted by Crippen LogP contribution is -2.20.